The van der Waals surface area contributed by atoms with Gasteiger partial charge in [-0.3, -0.25) is 18.8 Å². The Morgan fingerprint density at radius 2 is 2.00 bits per heavy atom. The zero-order valence-electron chi connectivity index (χ0n) is 21.8. The maximum absolute atomic E-state index is 12.3. The lowest BCUT2D eigenvalue weighted by molar-refractivity contribution is -0.121. The second-order valence-corrected chi connectivity index (χ2v) is 11.0. The molecule has 0 aromatic carbocycles. The fourth-order valence-electron chi connectivity index (χ4n) is 4.60. The van der Waals surface area contributed by atoms with Crippen LogP contribution in [0.2, 0.25) is 0 Å². The van der Waals surface area contributed by atoms with Crippen molar-refractivity contribution in [1.29, 1.82) is 0 Å². The van der Waals surface area contributed by atoms with Gasteiger partial charge in [-0.2, -0.15) is 9.47 Å². The highest BCUT2D eigenvalue weighted by Crippen LogP contribution is 2.28. The minimum Gasteiger partial charge on any atom is -0.354 e. The fourth-order valence-corrected chi connectivity index (χ4v) is 5.26. The number of hydrogen-bond donors (Lipinski definition) is 2. The number of amides is 1. The average molecular weight is 522 g/mol. The smallest absolute Gasteiger partial charge is 0.241 e. The topological polar surface area (TPSA) is 105 Å². The van der Waals surface area contributed by atoms with Crippen molar-refractivity contribution in [3.63, 3.8) is 0 Å². The van der Waals surface area contributed by atoms with E-state index in [2.05, 4.69) is 49.9 Å². The third-order valence-corrected chi connectivity index (χ3v) is 7.27. The number of nitrogens with one attached hydrogen (secondary N) is 2. The minimum absolute atomic E-state index is 0.0378. The minimum atomic E-state index is -0.0378. The fraction of sp³-hybridized carbons (Fsp3) is 0.500. The highest BCUT2D eigenvalue weighted by Gasteiger charge is 2.16. The Morgan fingerprint density at radius 3 is 2.81 bits per heavy atom. The predicted octanol–water partition coefficient (Wildman–Crippen LogP) is 4.25. The summed E-state index contributed by atoms with van der Waals surface area (Å²) in [5.74, 6) is 1.21. The molecule has 37 heavy (non-hydrogen) atoms. The second-order valence-electron chi connectivity index (χ2n) is 10.2. The Kier molecular flexibility index (Phi) is 7.80. The van der Waals surface area contributed by atoms with Gasteiger partial charge in [0.05, 0.1) is 29.5 Å². The number of carbonyl (C=O) groups is 1. The summed E-state index contributed by atoms with van der Waals surface area (Å²) in [6, 6.07) is 2.11. The molecule has 0 saturated carbocycles. The Bertz CT molecular complexity index is 1350. The molecular weight excluding hydrogens is 486 g/mol. The summed E-state index contributed by atoms with van der Waals surface area (Å²) in [4.78, 5) is 24.1. The second kappa shape index (κ2) is 11.4. The zero-order valence-corrected chi connectivity index (χ0v) is 22.6. The SMILES string of the molecule is Cc1cn2c(-c3cnn(CC(=O)NCCC(C)C)c3)cnc2c(Nc2cc(CN3CCCCC3)ns2)n1. The van der Waals surface area contributed by atoms with Gasteiger partial charge in [0.25, 0.3) is 0 Å². The highest BCUT2D eigenvalue weighted by atomic mass is 32.1. The van der Waals surface area contributed by atoms with E-state index in [4.69, 9.17) is 4.98 Å². The first-order valence-corrected chi connectivity index (χ1v) is 13.8. The van der Waals surface area contributed by atoms with Crippen LogP contribution in [0.4, 0.5) is 10.8 Å². The lowest BCUT2D eigenvalue weighted by Gasteiger charge is -2.25. The maximum atomic E-state index is 12.3. The van der Waals surface area contributed by atoms with E-state index in [1.807, 2.05) is 29.9 Å². The molecule has 196 valence electrons. The third kappa shape index (κ3) is 6.34. The van der Waals surface area contributed by atoms with Crippen molar-refractivity contribution in [3.8, 4) is 11.3 Å². The summed E-state index contributed by atoms with van der Waals surface area (Å²) in [5, 5.41) is 11.7. The molecule has 1 amide bonds. The van der Waals surface area contributed by atoms with Crippen LogP contribution in [0.5, 0.6) is 0 Å². The molecule has 5 heterocycles. The molecule has 5 rings (SSSR count). The summed E-state index contributed by atoms with van der Waals surface area (Å²) < 4.78 is 8.33. The molecule has 1 aliphatic rings. The van der Waals surface area contributed by atoms with Gasteiger partial charge in [-0.05, 0) is 62.8 Å². The van der Waals surface area contributed by atoms with Gasteiger partial charge in [0.1, 0.15) is 11.5 Å². The number of nitrogens with zero attached hydrogens (tertiary/aromatic N) is 7. The van der Waals surface area contributed by atoms with Crippen LogP contribution in [0.25, 0.3) is 16.9 Å². The van der Waals surface area contributed by atoms with Crippen LogP contribution in [-0.4, -0.2) is 59.0 Å². The van der Waals surface area contributed by atoms with Crippen LogP contribution in [0.1, 0.15) is 50.9 Å². The molecule has 0 radical (unpaired) electrons. The molecule has 4 aromatic heterocycles. The number of imidazole rings is 1. The summed E-state index contributed by atoms with van der Waals surface area (Å²) in [6.45, 7) is 10.3. The van der Waals surface area contributed by atoms with E-state index in [0.717, 1.165) is 59.3 Å². The highest BCUT2D eigenvalue weighted by molar-refractivity contribution is 7.10. The van der Waals surface area contributed by atoms with Gasteiger partial charge < -0.3 is 10.6 Å². The lowest BCUT2D eigenvalue weighted by atomic mass is 10.1. The van der Waals surface area contributed by atoms with Gasteiger partial charge in [-0.15, -0.1) is 0 Å². The van der Waals surface area contributed by atoms with Crippen LogP contribution in [0.15, 0.2) is 30.9 Å². The van der Waals surface area contributed by atoms with Gasteiger partial charge in [-0.25, -0.2) is 9.97 Å². The predicted molar refractivity (Wildman–Crippen MR) is 146 cm³/mol. The van der Waals surface area contributed by atoms with Crippen LogP contribution < -0.4 is 10.6 Å². The molecule has 10 nitrogen and oxygen atoms in total. The van der Waals surface area contributed by atoms with Gasteiger partial charge >= 0.3 is 0 Å². The van der Waals surface area contributed by atoms with Gasteiger partial charge in [-0.1, -0.05) is 20.3 Å². The van der Waals surface area contributed by atoms with E-state index in [1.165, 1.54) is 30.8 Å². The van der Waals surface area contributed by atoms with E-state index >= 15 is 0 Å². The van der Waals surface area contributed by atoms with Crippen LogP contribution in [0, 0.1) is 12.8 Å². The first-order valence-electron chi connectivity index (χ1n) is 13.0. The standard InChI is InChI=1S/C26H35N9OS/c1-18(2)7-8-27-23(36)17-34-15-20(12-29-34)22-13-28-26-25(30-19(3)14-35(22)26)31-24-11-21(32-37-24)16-33-9-5-4-6-10-33/h11-15,18H,4-10,16-17H2,1-3H3,(H,27,36)(H,30,31). The number of anilines is 2. The molecule has 0 unspecified atom stereocenters. The summed E-state index contributed by atoms with van der Waals surface area (Å²) >= 11 is 1.45. The van der Waals surface area contributed by atoms with Crippen molar-refractivity contribution >= 4 is 33.9 Å². The van der Waals surface area contributed by atoms with E-state index < -0.39 is 0 Å². The lowest BCUT2D eigenvalue weighted by Crippen LogP contribution is -2.29. The molecule has 11 heteroatoms. The van der Waals surface area contributed by atoms with E-state index in [0.29, 0.717) is 18.3 Å². The molecule has 0 spiro atoms. The van der Waals surface area contributed by atoms with E-state index in [1.54, 1.807) is 10.9 Å². The Hall–Kier alpha value is -3.31. The number of carbonyl (C=O) groups excluding carboxylic acids is 1. The number of rotatable bonds is 10. The largest absolute Gasteiger partial charge is 0.354 e. The van der Waals surface area contributed by atoms with Gasteiger partial charge in [0, 0.05) is 31.0 Å². The number of aromatic nitrogens is 6. The third-order valence-electron chi connectivity index (χ3n) is 6.53. The van der Waals surface area contributed by atoms with Gasteiger partial charge in [0.15, 0.2) is 11.5 Å². The number of likely N-dealkylation sites (tertiary alicyclic amines) is 1. The number of piperidine rings is 1. The maximum Gasteiger partial charge on any atom is 0.241 e. The first-order chi connectivity index (χ1) is 17.9. The average Bonchev–Trinajstić information content (AvgIpc) is 3.60. The zero-order chi connectivity index (χ0) is 25.8. The van der Waals surface area contributed by atoms with Gasteiger partial charge in [0.2, 0.25) is 5.91 Å². The Morgan fingerprint density at radius 1 is 1.16 bits per heavy atom. The summed E-state index contributed by atoms with van der Waals surface area (Å²) in [6.07, 6.45) is 12.3. The molecule has 0 bridgehead atoms. The Labute approximate surface area is 221 Å². The van der Waals surface area contributed by atoms with Crippen molar-refractivity contribution in [2.24, 2.45) is 5.92 Å². The van der Waals surface area contributed by atoms with Crippen molar-refractivity contribution in [2.75, 3.05) is 25.0 Å². The van der Waals surface area contributed by atoms with Crippen molar-refractivity contribution in [1.82, 2.24) is 38.7 Å². The quantitative estimate of drug-likeness (QED) is 0.321. The number of hydrogen-bond acceptors (Lipinski definition) is 8. The van der Waals surface area contributed by atoms with E-state index in [-0.39, 0.29) is 12.5 Å². The molecule has 2 N–H and O–H groups in total. The normalized spacial score (nSPS) is 14.5. The number of fused-ring (bicyclic) bond motifs is 1. The molecule has 1 fully saturated rings. The molecule has 0 atom stereocenters. The first kappa shape index (κ1) is 25.3. The molecule has 4 aromatic rings. The summed E-state index contributed by atoms with van der Waals surface area (Å²) in [7, 11) is 0. The van der Waals surface area contributed by atoms with Crippen LogP contribution in [0.3, 0.4) is 0 Å². The molecular formula is C26H35N9OS. The van der Waals surface area contributed by atoms with Crippen LogP contribution >= 0.6 is 11.5 Å². The summed E-state index contributed by atoms with van der Waals surface area (Å²) in [5.41, 5.74) is 4.46. The number of aryl methyl sites for hydroxylation is 1. The monoisotopic (exact) mass is 521 g/mol. The molecule has 1 aliphatic heterocycles. The molecule has 1 saturated heterocycles. The van der Waals surface area contributed by atoms with Crippen molar-refractivity contribution in [3.05, 3.63) is 42.2 Å². The van der Waals surface area contributed by atoms with E-state index in [9.17, 15) is 4.79 Å². The molecule has 0 aliphatic carbocycles. The van der Waals surface area contributed by atoms with Crippen molar-refractivity contribution in [2.45, 2.75) is 59.5 Å². The Balaban J connectivity index is 1.29. The van der Waals surface area contributed by atoms with Crippen molar-refractivity contribution < 1.29 is 4.79 Å². The van der Waals surface area contributed by atoms with Crippen LogP contribution in [-0.2, 0) is 17.9 Å².